The number of hydrogen-bond donors (Lipinski definition) is 2. The predicted octanol–water partition coefficient (Wildman–Crippen LogP) is 6.47. The van der Waals surface area contributed by atoms with E-state index in [1.165, 1.54) is 5.56 Å². The number of benzene rings is 2. The molecule has 0 aliphatic heterocycles. The molecule has 0 aliphatic carbocycles. The quantitative estimate of drug-likeness (QED) is 0.281. The Kier molecular flexibility index (Phi) is 11.9. The van der Waals surface area contributed by atoms with Crippen molar-refractivity contribution < 1.29 is 4.79 Å². The number of aryl methyl sites for hydroxylation is 2. The average Bonchev–Trinajstić information content (AvgIpc) is 2.71. The minimum absolute atomic E-state index is 0.00393. The molecule has 0 fully saturated rings. The summed E-state index contributed by atoms with van der Waals surface area (Å²) in [5.74, 6) is -0.00393. The van der Waals surface area contributed by atoms with E-state index in [0.29, 0.717) is 5.56 Å². The van der Waals surface area contributed by atoms with Gasteiger partial charge in [0.05, 0.1) is 0 Å². The minimum atomic E-state index is -0.00393. The SMILES string of the molecule is C/C=C\c1cc(C(=N)N=N)ccc1C.CC.CCc1ccc(C=O)cc1. The van der Waals surface area contributed by atoms with Crippen LogP contribution in [0.25, 0.3) is 6.08 Å². The summed E-state index contributed by atoms with van der Waals surface area (Å²) in [6, 6.07) is 13.2. The van der Waals surface area contributed by atoms with Gasteiger partial charge >= 0.3 is 0 Å². The van der Waals surface area contributed by atoms with Crippen LogP contribution in [-0.2, 0) is 6.42 Å². The lowest BCUT2D eigenvalue weighted by Crippen LogP contribution is -1.94. The third kappa shape index (κ3) is 7.79. The first kappa shape index (κ1) is 23.1. The Balaban J connectivity index is 0.000000458. The highest BCUT2D eigenvalue weighted by Gasteiger charge is 2.01. The van der Waals surface area contributed by atoms with Gasteiger partial charge in [0.1, 0.15) is 6.29 Å². The minimum Gasteiger partial charge on any atom is -0.298 e. The number of carbonyl (C=O) groups is 1. The van der Waals surface area contributed by atoms with E-state index in [4.69, 9.17) is 10.9 Å². The van der Waals surface area contributed by atoms with E-state index in [0.717, 1.165) is 29.4 Å². The lowest BCUT2D eigenvalue weighted by Gasteiger charge is -2.03. The topological polar surface area (TPSA) is 77.1 Å². The summed E-state index contributed by atoms with van der Waals surface area (Å²) in [6.45, 7) is 10.1. The van der Waals surface area contributed by atoms with E-state index in [2.05, 4.69) is 12.0 Å². The molecule has 0 amide bonds. The second-order valence-corrected chi connectivity index (χ2v) is 5.24. The number of amidine groups is 1. The maximum atomic E-state index is 10.2. The van der Waals surface area contributed by atoms with Crippen molar-refractivity contribution in [2.24, 2.45) is 5.11 Å². The Hall–Kier alpha value is -2.88. The Morgan fingerprint density at radius 2 is 1.73 bits per heavy atom. The molecule has 0 spiro atoms. The molecule has 2 aromatic carbocycles. The van der Waals surface area contributed by atoms with E-state index in [1.54, 1.807) is 0 Å². The van der Waals surface area contributed by atoms with Crippen molar-refractivity contribution in [3.63, 3.8) is 0 Å². The summed E-state index contributed by atoms with van der Waals surface area (Å²) >= 11 is 0. The molecule has 0 radical (unpaired) electrons. The van der Waals surface area contributed by atoms with Gasteiger partial charge in [0, 0.05) is 11.1 Å². The van der Waals surface area contributed by atoms with Crippen molar-refractivity contribution in [1.29, 1.82) is 10.9 Å². The van der Waals surface area contributed by atoms with Crippen LogP contribution in [0.1, 0.15) is 60.3 Å². The summed E-state index contributed by atoms with van der Waals surface area (Å²) in [6.07, 6.45) is 5.82. The number of aldehydes is 1. The van der Waals surface area contributed by atoms with Gasteiger partial charge in [-0.15, -0.1) is 5.11 Å². The molecule has 2 aromatic rings. The fourth-order valence-corrected chi connectivity index (χ4v) is 2.04. The molecule has 0 bridgehead atoms. The Labute approximate surface area is 157 Å². The van der Waals surface area contributed by atoms with Gasteiger partial charge in [-0.2, -0.15) is 0 Å². The second-order valence-electron chi connectivity index (χ2n) is 5.24. The number of nitrogens with one attached hydrogen (secondary N) is 2. The first-order valence-electron chi connectivity index (χ1n) is 8.79. The molecule has 138 valence electrons. The van der Waals surface area contributed by atoms with Gasteiger partial charge in [0.15, 0.2) is 5.84 Å². The Bertz CT molecular complexity index is 732. The largest absolute Gasteiger partial charge is 0.298 e. The van der Waals surface area contributed by atoms with Crippen LogP contribution < -0.4 is 0 Å². The first-order valence-corrected chi connectivity index (χ1v) is 8.79. The zero-order valence-electron chi connectivity index (χ0n) is 16.3. The van der Waals surface area contributed by atoms with Crippen LogP contribution in [-0.4, -0.2) is 12.1 Å². The standard InChI is InChI=1S/C11H13N3.C9H10O.C2H6/c1-3-4-9-7-10(11(12)14-13)6-5-8(9)2;1-2-8-3-5-9(7-10)6-4-8;1-2/h3-7,12-13H,1-2H3;3-7H,2H2,1H3;1-2H3/b4-3-,12-11?,14-13?;;. The van der Waals surface area contributed by atoms with E-state index < -0.39 is 0 Å². The molecular weight excluding hydrogens is 322 g/mol. The van der Waals surface area contributed by atoms with Crippen molar-refractivity contribution in [2.75, 3.05) is 0 Å². The summed E-state index contributed by atoms with van der Waals surface area (Å²) in [4.78, 5) is 10.2. The molecule has 0 atom stereocenters. The molecule has 2 N–H and O–H groups in total. The van der Waals surface area contributed by atoms with Crippen LogP contribution in [0, 0.1) is 17.9 Å². The number of hydrogen-bond acceptors (Lipinski definition) is 3. The fourth-order valence-electron chi connectivity index (χ4n) is 2.04. The summed E-state index contributed by atoms with van der Waals surface area (Å²) in [7, 11) is 0. The Morgan fingerprint density at radius 1 is 1.12 bits per heavy atom. The summed E-state index contributed by atoms with van der Waals surface area (Å²) < 4.78 is 0. The maximum absolute atomic E-state index is 10.2. The van der Waals surface area contributed by atoms with E-state index in [-0.39, 0.29) is 5.84 Å². The molecule has 0 saturated heterocycles. The Morgan fingerprint density at radius 3 is 2.19 bits per heavy atom. The number of carbonyl (C=O) groups excluding carboxylic acids is 1. The van der Waals surface area contributed by atoms with E-state index >= 15 is 0 Å². The molecule has 2 rings (SSSR count). The molecule has 4 nitrogen and oxygen atoms in total. The maximum Gasteiger partial charge on any atom is 0.173 e. The van der Waals surface area contributed by atoms with Gasteiger partial charge < -0.3 is 0 Å². The molecule has 0 unspecified atom stereocenters. The lowest BCUT2D eigenvalue weighted by atomic mass is 10.0. The van der Waals surface area contributed by atoms with Gasteiger partial charge in [-0.3, -0.25) is 10.2 Å². The van der Waals surface area contributed by atoms with E-state index in [9.17, 15) is 4.79 Å². The molecule has 0 aliphatic rings. The third-order valence-electron chi connectivity index (χ3n) is 3.53. The van der Waals surface area contributed by atoms with Crippen molar-refractivity contribution in [3.8, 4) is 0 Å². The highest BCUT2D eigenvalue weighted by molar-refractivity contribution is 5.97. The monoisotopic (exact) mass is 351 g/mol. The van der Waals surface area contributed by atoms with Crippen LogP contribution in [0.4, 0.5) is 0 Å². The van der Waals surface area contributed by atoms with Crippen molar-refractivity contribution in [1.82, 2.24) is 0 Å². The normalized spacial score (nSPS) is 9.42. The summed E-state index contributed by atoms with van der Waals surface area (Å²) in [5.41, 5.74) is 11.7. The number of rotatable bonds is 4. The van der Waals surface area contributed by atoms with Crippen LogP contribution >= 0.6 is 0 Å². The molecule has 26 heavy (non-hydrogen) atoms. The van der Waals surface area contributed by atoms with Gasteiger partial charge in [0.25, 0.3) is 0 Å². The van der Waals surface area contributed by atoms with Gasteiger partial charge in [-0.1, -0.05) is 69.3 Å². The first-order chi connectivity index (χ1) is 12.5. The fraction of sp³-hybridized carbons (Fsp3) is 0.273. The van der Waals surface area contributed by atoms with Gasteiger partial charge in [-0.05, 0) is 43.0 Å². The molecule has 0 saturated carbocycles. The predicted molar refractivity (Wildman–Crippen MR) is 110 cm³/mol. The smallest absolute Gasteiger partial charge is 0.173 e. The van der Waals surface area contributed by atoms with Crippen molar-refractivity contribution in [3.05, 3.63) is 76.4 Å². The molecule has 4 heteroatoms. The summed E-state index contributed by atoms with van der Waals surface area (Å²) in [5, 5.41) is 10.5. The van der Waals surface area contributed by atoms with Crippen molar-refractivity contribution in [2.45, 2.75) is 41.0 Å². The number of nitrogens with zero attached hydrogens (tertiary/aromatic N) is 1. The van der Waals surface area contributed by atoms with Crippen molar-refractivity contribution >= 4 is 18.2 Å². The zero-order chi connectivity index (χ0) is 19.9. The van der Waals surface area contributed by atoms with Crippen LogP contribution in [0.3, 0.4) is 0 Å². The van der Waals surface area contributed by atoms with Crippen LogP contribution in [0.5, 0.6) is 0 Å². The number of allylic oxidation sites excluding steroid dienone is 1. The zero-order valence-corrected chi connectivity index (χ0v) is 16.3. The highest BCUT2D eigenvalue weighted by atomic mass is 16.1. The van der Waals surface area contributed by atoms with Gasteiger partial charge in [0.2, 0.25) is 0 Å². The van der Waals surface area contributed by atoms with Gasteiger partial charge in [-0.25, -0.2) is 5.53 Å². The van der Waals surface area contributed by atoms with Crippen LogP contribution in [0.2, 0.25) is 0 Å². The molecule has 0 aromatic heterocycles. The lowest BCUT2D eigenvalue weighted by molar-refractivity contribution is 0.112. The average molecular weight is 351 g/mol. The molecular formula is C22H29N3O. The van der Waals surface area contributed by atoms with Crippen LogP contribution in [0.15, 0.2) is 53.7 Å². The molecule has 0 heterocycles. The highest BCUT2D eigenvalue weighted by Crippen LogP contribution is 2.13. The van der Waals surface area contributed by atoms with E-state index in [1.807, 2.05) is 82.3 Å². The second kappa shape index (κ2) is 13.4. The third-order valence-corrected chi connectivity index (χ3v) is 3.53.